The second-order valence-electron chi connectivity index (χ2n) is 7.34. The van der Waals surface area contributed by atoms with Gasteiger partial charge in [0.2, 0.25) is 14.9 Å². The molecular formula is C25H21BrN2O6S. The van der Waals surface area contributed by atoms with Crippen LogP contribution in [-0.4, -0.2) is 33.5 Å². The van der Waals surface area contributed by atoms with Gasteiger partial charge in [0, 0.05) is 10.7 Å². The largest absolute Gasteiger partial charge is 0.493 e. The number of benzene rings is 2. The van der Waals surface area contributed by atoms with E-state index in [1.807, 2.05) is 0 Å². The van der Waals surface area contributed by atoms with E-state index in [9.17, 15) is 13.2 Å². The molecule has 0 aliphatic rings. The summed E-state index contributed by atoms with van der Waals surface area (Å²) in [4.78, 5) is 19.2. The van der Waals surface area contributed by atoms with E-state index >= 15 is 0 Å². The maximum Gasteiger partial charge on any atom is 0.295 e. The summed E-state index contributed by atoms with van der Waals surface area (Å²) in [5, 5.41) is -0.324. The Morgan fingerprint density at radius 3 is 2.37 bits per heavy atom. The van der Waals surface area contributed by atoms with Crippen molar-refractivity contribution < 1.29 is 27.1 Å². The molecule has 0 unspecified atom stereocenters. The zero-order chi connectivity index (χ0) is 25.0. The second-order valence-corrected chi connectivity index (χ2v) is 10.1. The molecule has 35 heavy (non-hydrogen) atoms. The summed E-state index contributed by atoms with van der Waals surface area (Å²) in [6.07, 6.45) is 1.57. The molecule has 4 aromatic rings. The van der Waals surface area contributed by atoms with Gasteiger partial charge in [-0.2, -0.15) is 0 Å². The number of hydrogen-bond acceptors (Lipinski definition) is 7. The van der Waals surface area contributed by atoms with E-state index in [1.165, 1.54) is 43.4 Å². The fourth-order valence-electron chi connectivity index (χ4n) is 3.37. The van der Waals surface area contributed by atoms with Gasteiger partial charge in [-0.25, -0.2) is 13.4 Å². The van der Waals surface area contributed by atoms with Gasteiger partial charge in [-0.15, -0.1) is 0 Å². The highest BCUT2D eigenvalue weighted by atomic mass is 79.9. The number of pyridine rings is 1. The Hall–Kier alpha value is -3.63. The lowest BCUT2D eigenvalue weighted by atomic mass is 10.1. The van der Waals surface area contributed by atoms with Crippen molar-refractivity contribution in [3.63, 3.8) is 0 Å². The Labute approximate surface area is 211 Å². The van der Waals surface area contributed by atoms with Gasteiger partial charge in [-0.05, 0) is 66.2 Å². The number of carbonyl (C=O) groups is 1. The number of aromatic nitrogens is 1. The van der Waals surface area contributed by atoms with Crippen LogP contribution in [0.1, 0.15) is 16.1 Å². The Bertz CT molecular complexity index is 1440. The number of nitrogens with zero attached hydrogens (tertiary/aromatic N) is 2. The number of sulfone groups is 1. The van der Waals surface area contributed by atoms with Crippen LogP contribution in [-0.2, 0) is 16.4 Å². The normalized spacial score (nSPS) is 11.2. The van der Waals surface area contributed by atoms with Gasteiger partial charge < -0.3 is 13.9 Å². The van der Waals surface area contributed by atoms with Crippen LogP contribution in [0.2, 0.25) is 0 Å². The molecule has 4 rings (SSSR count). The number of amides is 1. The third-order valence-corrected chi connectivity index (χ3v) is 7.31. The Balaban J connectivity index is 1.67. The third kappa shape index (κ3) is 5.23. The highest BCUT2D eigenvalue weighted by Crippen LogP contribution is 2.30. The monoisotopic (exact) mass is 556 g/mol. The van der Waals surface area contributed by atoms with Crippen LogP contribution in [0, 0.1) is 0 Å². The average molecular weight is 557 g/mol. The third-order valence-electron chi connectivity index (χ3n) is 5.14. The zero-order valence-corrected chi connectivity index (χ0v) is 21.2. The zero-order valence-electron chi connectivity index (χ0n) is 18.8. The molecule has 10 heteroatoms. The van der Waals surface area contributed by atoms with Gasteiger partial charge in [-0.1, -0.05) is 28.1 Å². The summed E-state index contributed by atoms with van der Waals surface area (Å²) in [6.45, 7) is 0.131. The molecule has 0 saturated carbocycles. The van der Waals surface area contributed by atoms with Crippen molar-refractivity contribution in [3.05, 3.63) is 94.8 Å². The fraction of sp³-hybridized carbons (Fsp3) is 0.120. The van der Waals surface area contributed by atoms with Crippen molar-refractivity contribution in [2.45, 2.75) is 16.5 Å². The van der Waals surface area contributed by atoms with Crippen LogP contribution >= 0.6 is 15.9 Å². The van der Waals surface area contributed by atoms with Gasteiger partial charge in [0.25, 0.3) is 5.91 Å². The maximum absolute atomic E-state index is 13.5. The highest BCUT2D eigenvalue weighted by Gasteiger charge is 2.27. The molecule has 8 nitrogen and oxygen atoms in total. The van der Waals surface area contributed by atoms with Gasteiger partial charge in [0.1, 0.15) is 5.82 Å². The molecule has 180 valence electrons. The van der Waals surface area contributed by atoms with E-state index in [2.05, 4.69) is 20.9 Å². The first-order chi connectivity index (χ1) is 16.8. The summed E-state index contributed by atoms with van der Waals surface area (Å²) in [5.74, 6) is 0.767. The molecule has 2 aromatic carbocycles. The lowest BCUT2D eigenvalue weighted by Crippen LogP contribution is -2.30. The van der Waals surface area contributed by atoms with E-state index in [0.717, 1.165) is 10.0 Å². The first-order valence-corrected chi connectivity index (χ1v) is 12.7. The highest BCUT2D eigenvalue weighted by molar-refractivity contribution is 9.10. The number of furan rings is 1. The van der Waals surface area contributed by atoms with Gasteiger partial charge in [0.05, 0.1) is 25.7 Å². The molecule has 0 fully saturated rings. The number of anilines is 1. The van der Waals surface area contributed by atoms with Gasteiger partial charge >= 0.3 is 0 Å². The maximum atomic E-state index is 13.5. The fourth-order valence-corrected chi connectivity index (χ4v) is 4.81. The molecular weight excluding hydrogens is 536 g/mol. The molecule has 0 atom stereocenters. The Morgan fingerprint density at radius 1 is 0.971 bits per heavy atom. The average Bonchev–Trinajstić information content (AvgIpc) is 3.39. The predicted molar refractivity (Wildman–Crippen MR) is 133 cm³/mol. The predicted octanol–water partition coefficient (Wildman–Crippen LogP) is 5.13. The number of carbonyl (C=O) groups excluding carboxylic acids is 1. The molecule has 0 N–H and O–H groups in total. The molecule has 0 saturated heterocycles. The van der Waals surface area contributed by atoms with Crippen LogP contribution in [0.3, 0.4) is 0 Å². The number of hydrogen-bond donors (Lipinski definition) is 0. The van der Waals surface area contributed by atoms with Crippen LogP contribution < -0.4 is 14.4 Å². The topological polar surface area (TPSA) is 98.9 Å². The van der Waals surface area contributed by atoms with Crippen molar-refractivity contribution in [3.8, 4) is 11.5 Å². The summed E-state index contributed by atoms with van der Waals surface area (Å²) in [5.41, 5.74) is 0.746. The van der Waals surface area contributed by atoms with Crippen molar-refractivity contribution >= 4 is 37.5 Å². The van der Waals surface area contributed by atoms with E-state index in [0.29, 0.717) is 17.3 Å². The van der Waals surface area contributed by atoms with Crippen LogP contribution in [0.4, 0.5) is 5.82 Å². The smallest absolute Gasteiger partial charge is 0.295 e. The SMILES string of the molecule is COc1ccc(CN(C(=O)c2ccc(S(=O)(=O)c3ccc(Br)cc3)o2)c2ccccn2)cc1OC. The quantitative estimate of drug-likeness (QED) is 0.296. The molecule has 0 radical (unpaired) electrons. The minimum atomic E-state index is -3.94. The molecule has 2 aromatic heterocycles. The summed E-state index contributed by atoms with van der Waals surface area (Å²) in [6, 6.07) is 19.2. The van der Waals surface area contributed by atoms with E-state index < -0.39 is 15.7 Å². The molecule has 1 amide bonds. The summed E-state index contributed by atoms with van der Waals surface area (Å²) < 4.78 is 42.9. The Morgan fingerprint density at radius 2 is 1.71 bits per heavy atom. The Kier molecular flexibility index (Phi) is 7.23. The number of rotatable bonds is 8. The molecule has 2 heterocycles. The summed E-state index contributed by atoms with van der Waals surface area (Å²) >= 11 is 3.28. The molecule has 0 aliphatic heterocycles. The molecule has 0 bridgehead atoms. The minimum absolute atomic E-state index is 0.0564. The molecule has 0 aliphatic carbocycles. The van der Waals surface area contributed by atoms with Crippen molar-refractivity contribution in [2.75, 3.05) is 19.1 Å². The van der Waals surface area contributed by atoms with Crippen LogP contribution in [0.15, 0.2) is 97.9 Å². The van der Waals surface area contributed by atoms with Crippen LogP contribution in [0.5, 0.6) is 11.5 Å². The van der Waals surface area contributed by atoms with E-state index in [1.54, 1.807) is 54.7 Å². The number of halogens is 1. The lowest BCUT2D eigenvalue weighted by Gasteiger charge is -2.21. The number of ether oxygens (including phenoxy) is 2. The van der Waals surface area contributed by atoms with Crippen molar-refractivity contribution in [1.82, 2.24) is 4.98 Å². The minimum Gasteiger partial charge on any atom is -0.493 e. The van der Waals surface area contributed by atoms with Crippen LogP contribution in [0.25, 0.3) is 0 Å². The van der Waals surface area contributed by atoms with Crippen molar-refractivity contribution in [1.29, 1.82) is 0 Å². The first kappa shape index (κ1) is 24.5. The molecule has 0 spiro atoms. The second kappa shape index (κ2) is 10.3. The standard InChI is InChI=1S/C25H21BrN2O6S/c1-32-20-11-6-17(15-22(20)33-2)16-28(23-5-3-4-14-27-23)25(29)21-12-13-24(34-21)35(30,31)19-9-7-18(26)8-10-19/h3-15H,16H2,1-2H3. The summed E-state index contributed by atoms with van der Waals surface area (Å²) in [7, 11) is -0.872. The van der Waals surface area contributed by atoms with Crippen molar-refractivity contribution in [2.24, 2.45) is 0 Å². The van der Waals surface area contributed by atoms with Gasteiger partial charge in [0.15, 0.2) is 17.3 Å². The van der Waals surface area contributed by atoms with Gasteiger partial charge in [-0.3, -0.25) is 9.69 Å². The van der Waals surface area contributed by atoms with E-state index in [-0.39, 0.29) is 22.3 Å². The van der Waals surface area contributed by atoms with E-state index in [4.69, 9.17) is 13.9 Å². The number of methoxy groups -OCH3 is 2. The lowest BCUT2D eigenvalue weighted by molar-refractivity contribution is 0.0952. The first-order valence-electron chi connectivity index (χ1n) is 10.4.